The van der Waals surface area contributed by atoms with Crippen LogP contribution in [0.25, 0.3) is 0 Å². The summed E-state index contributed by atoms with van der Waals surface area (Å²) in [5.74, 6) is 3.78. The Balaban J connectivity index is 1.42. The summed E-state index contributed by atoms with van der Waals surface area (Å²) in [4.78, 5) is 26.9. The number of hydrogen-bond donors (Lipinski definition) is 6. The molecule has 2 saturated carbocycles. The first-order chi connectivity index (χ1) is 18.4. The molecule has 0 saturated heterocycles. The maximum Gasteiger partial charge on any atom is 0.233 e. The summed E-state index contributed by atoms with van der Waals surface area (Å²) in [6.45, 7) is 1.46. The fourth-order valence-electron chi connectivity index (χ4n) is 4.47. The fraction of sp³-hybridized carbons (Fsp3) is 0.846. The van der Waals surface area contributed by atoms with Crippen molar-refractivity contribution in [1.29, 1.82) is 5.41 Å². The van der Waals surface area contributed by atoms with Crippen molar-refractivity contribution >= 4 is 58.6 Å². The number of rotatable bonds is 22. The molecule has 12 heteroatoms. The van der Waals surface area contributed by atoms with Crippen molar-refractivity contribution in [1.82, 2.24) is 10.6 Å². The van der Waals surface area contributed by atoms with Crippen molar-refractivity contribution in [2.75, 3.05) is 43.6 Å². The van der Waals surface area contributed by atoms with Crippen LogP contribution < -0.4 is 27.8 Å². The van der Waals surface area contributed by atoms with Gasteiger partial charge in [-0.05, 0) is 57.3 Å². The van der Waals surface area contributed by atoms with E-state index in [1.165, 1.54) is 25.7 Å². The Labute approximate surface area is 241 Å². The van der Waals surface area contributed by atoms with Gasteiger partial charge in [-0.3, -0.25) is 14.6 Å². The Morgan fingerprint density at radius 2 is 1.34 bits per heavy atom. The number of thioether (sulfide) groups is 3. The predicted octanol–water partition coefficient (Wildman–Crippen LogP) is 2.71. The van der Waals surface area contributed by atoms with Crippen molar-refractivity contribution in [3.63, 3.8) is 0 Å². The zero-order valence-electron chi connectivity index (χ0n) is 22.8. The fourth-order valence-corrected chi connectivity index (χ4v) is 8.53. The largest absolute Gasteiger partial charge is 0.387 e. The molecule has 0 aliphatic heterocycles. The monoisotopic (exact) mass is 587 g/mol. The van der Waals surface area contributed by atoms with Gasteiger partial charge >= 0.3 is 0 Å². The molecule has 4 atom stereocenters. The molecule has 38 heavy (non-hydrogen) atoms. The van der Waals surface area contributed by atoms with Crippen LogP contribution in [0.3, 0.4) is 0 Å². The minimum absolute atomic E-state index is 0.0519. The third-order valence-electron chi connectivity index (χ3n) is 7.11. The minimum Gasteiger partial charge on any atom is -0.387 e. The molecule has 9 nitrogen and oxygen atoms in total. The zero-order chi connectivity index (χ0) is 27.6. The van der Waals surface area contributed by atoms with Gasteiger partial charge in [-0.2, -0.15) is 23.5 Å². The van der Waals surface area contributed by atoms with E-state index < -0.39 is 0 Å². The second-order valence-corrected chi connectivity index (χ2v) is 13.9. The molecule has 2 amide bonds. The lowest BCUT2D eigenvalue weighted by molar-refractivity contribution is -0.120. The smallest absolute Gasteiger partial charge is 0.233 e. The van der Waals surface area contributed by atoms with Crippen LogP contribution in [0, 0.1) is 11.3 Å². The number of carbonyl (C=O) groups excluding carboxylic acids is 2. The Kier molecular flexibility index (Phi) is 17.5. The van der Waals surface area contributed by atoms with Gasteiger partial charge in [-0.15, -0.1) is 11.8 Å². The summed E-state index contributed by atoms with van der Waals surface area (Å²) in [5.41, 5.74) is 17.6. The van der Waals surface area contributed by atoms with Gasteiger partial charge in [0.05, 0.1) is 24.8 Å². The van der Waals surface area contributed by atoms with Crippen LogP contribution >= 0.6 is 35.3 Å². The first kappa shape index (κ1) is 33.3. The summed E-state index contributed by atoms with van der Waals surface area (Å²) in [5, 5.41) is 15.9. The molecule has 2 aliphatic carbocycles. The number of nitrogens with zero attached hydrogens (tertiary/aromatic N) is 1. The third kappa shape index (κ3) is 13.9. The van der Waals surface area contributed by atoms with Gasteiger partial charge < -0.3 is 33.2 Å². The quantitative estimate of drug-likeness (QED) is 0.0637. The van der Waals surface area contributed by atoms with Crippen molar-refractivity contribution in [2.24, 2.45) is 28.1 Å². The average Bonchev–Trinajstić information content (AvgIpc) is 2.89. The van der Waals surface area contributed by atoms with E-state index in [2.05, 4.69) is 15.6 Å². The lowest BCUT2D eigenvalue weighted by Crippen LogP contribution is -2.35. The molecule has 0 aromatic rings. The first-order valence-corrected chi connectivity index (χ1v) is 17.2. The Morgan fingerprint density at radius 1 is 0.789 bits per heavy atom. The Bertz CT molecular complexity index is 756. The Hall–Kier alpha value is -0.950. The number of nitrogens with two attached hydrogens (primary N) is 3. The van der Waals surface area contributed by atoms with E-state index in [1.54, 1.807) is 0 Å². The second-order valence-electron chi connectivity index (χ2n) is 10.0. The van der Waals surface area contributed by atoms with Crippen LogP contribution in [0.1, 0.15) is 70.6 Å². The van der Waals surface area contributed by atoms with E-state index in [4.69, 9.17) is 22.6 Å². The van der Waals surface area contributed by atoms with Crippen LogP contribution in [0.15, 0.2) is 4.99 Å². The summed E-state index contributed by atoms with van der Waals surface area (Å²) < 4.78 is 0. The van der Waals surface area contributed by atoms with Gasteiger partial charge in [0.2, 0.25) is 11.8 Å². The first-order valence-electron chi connectivity index (χ1n) is 14.1. The highest BCUT2D eigenvalue weighted by molar-refractivity contribution is 8.04. The van der Waals surface area contributed by atoms with Crippen LogP contribution in [0.5, 0.6) is 0 Å². The summed E-state index contributed by atoms with van der Waals surface area (Å²) >= 11 is 5.75. The van der Waals surface area contributed by atoms with Crippen molar-refractivity contribution in [2.45, 2.75) is 86.4 Å². The highest BCUT2D eigenvalue weighted by Gasteiger charge is 2.32. The average molecular weight is 588 g/mol. The van der Waals surface area contributed by atoms with Gasteiger partial charge in [-0.1, -0.05) is 12.8 Å². The molecule has 9 N–H and O–H groups in total. The van der Waals surface area contributed by atoms with E-state index in [9.17, 15) is 9.59 Å². The molecular weight excluding hydrogens is 539 g/mol. The number of hydrogen-bond acceptors (Lipinski definition) is 9. The lowest BCUT2D eigenvalue weighted by atomic mass is 9.80. The SMILES string of the molecule is N=C(CCCCCC/C(N)=N/CSC1CCC1SCCNC(=O)CN)CC1CCC1SCCNC(=O)CN. The second kappa shape index (κ2) is 20.0. The third-order valence-corrected chi connectivity index (χ3v) is 11.5. The molecule has 0 bridgehead atoms. The molecule has 0 aromatic carbocycles. The highest BCUT2D eigenvalue weighted by atomic mass is 32.2. The molecular formula is C26H49N7O2S3. The lowest BCUT2D eigenvalue weighted by Gasteiger charge is -2.36. The molecule has 0 spiro atoms. The summed E-state index contributed by atoms with van der Waals surface area (Å²) in [6.07, 6.45) is 12.0. The minimum atomic E-state index is -0.0937. The van der Waals surface area contributed by atoms with E-state index in [0.717, 1.165) is 73.9 Å². The number of amides is 2. The van der Waals surface area contributed by atoms with Gasteiger partial charge in [0, 0.05) is 52.5 Å². The van der Waals surface area contributed by atoms with E-state index >= 15 is 0 Å². The van der Waals surface area contributed by atoms with E-state index in [1.807, 2.05) is 35.3 Å². The van der Waals surface area contributed by atoms with E-state index in [-0.39, 0.29) is 24.9 Å². The summed E-state index contributed by atoms with van der Waals surface area (Å²) in [6, 6.07) is 0. The van der Waals surface area contributed by atoms with Gasteiger partial charge in [0.1, 0.15) is 0 Å². The van der Waals surface area contributed by atoms with Crippen molar-refractivity contribution < 1.29 is 9.59 Å². The molecule has 218 valence electrons. The van der Waals surface area contributed by atoms with Gasteiger partial charge in [-0.25, -0.2) is 0 Å². The Morgan fingerprint density at radius 3 is 1.89 bits per heavy atom. The summed E-state index contributed by atoms with van der Waals surface area (Å²) in [7, 11) is 0. The predicted molar refractivity (Wildman–Crippen MR) is 166 cm³/mol. The molecule has 0 aromatic heterocycles. The number of amidine groups is 1. The highest BCUT2D eigenvalue weighted by Crippen LogP contribution is 2.40. The number of unbranched alkanes of at least 4 members (excludes halogenated alkanes) is 3. The van der Waals surface area contributed by atoms with Crippen LogP contribution in [0.4, 0.5) is 0 Å². The van der Waals surface area contributed by atoms with Crippen LogP contribution in [-0.4, -0.2) is 82.7 Å². The molecule has 0 heterocycles. The molecule has 2 rings (SSSR count). The number of carbonyl (C=O) groups is 2. The normalized spacial score (nSPS) is 22.8. The van der Waals surface area contributed by atoms with Crippen LogP contribution in [0.2, 0.25) is 0 Å². The number of aliphatic imine (C=N–C) groups is 1. The van der Waals surface area contributed by atoms with Crippen molar-refractivity contribution in [3.05, 3.63) is 0 Å². The molecule has 2 aliphatic rings. The van der Waals surface area contributed by atoms with Gasteiger partial charge in [0.25, 0.3) is 0 Å². The maximum atomic E-state index is 11.2. The van der Waals surface area contributed by atoms with Gasteiger partial charge in [0.15, 0.2) is 0 Å². The zero-order valence-corrected chi connectivity index (χ0v) is 25.2. The number of nitrogens with one attached hydrogen (secondary N) is 3. The molecule has 4 unspecified atom stereocenters. The standard InChI is InChI=1S/C26H49N7O2S3/c27-16-25(34)31-11-13-36-21-8-7-19(21)15-20(29)5-3-1-2-4-6-24(30)33-18-38-23-10-9-22(23)37-14-12-32-26(35)17-28/h19,21-23,29H,1-18,27-28H2,(H2,30,33)(H,31,34)(H,32,35). The topological polar surface area (TPSA) is 172 Å². The van der Waals surface area contributed by atoms with Crippen LogP contribution in [-0.2, 0) is 9.59 Å². The molecule has 2 fully saturated rings. The molecule has 0 radical (unpaired) electrons. The maximum absolute atomic E-state index is 11.2. The van der Waals surface area contributed by atoms with E-state index in [0.29, 0.717) is 34.8 Å². The van der Waals surface area contributed by atoms with Crippen molar-refractivity contribution in [3.8, 4) is 0 Å².